The SMILES string of the molecule is CCOc1ccc(NC(=O)N=Cc2c(C)[nH]n(-c3ccc(C)c(C)c3)c2=O)cc1. The number of aliphatic imine (C=N–C) groups is 1. The van der Waals surface area contributed by atoms with Gasteiger partial charge in [-0.3, -0.25) is 9.89 Å². The second-order valence-electron chi connectivity index (χ2n) is 6.71. The first kappa shape index (κ1) is 20.1. The van der Waals surface area contributed by atoms with E-state index < -0.39 is 6.03 Å². The van der Waals surface area contributed by atoms with Crippen LogP contribution in [0.15, 0.2) is 52.3 Å². The van der Waals surface area contributed by atoms with Gasteiger partial charge in [0.2, 0.25) is 0 Å². The van der Waals surface area contributed by atoms with Crippen molar-refractivity contribution >= 4 is 17.9 Å². The number of carbonyl (C=O) groups excluding carboxylic acids is 1. The van der Waals surface area contributed by atoms with E-state index in [9.17, 15) is 9.59 Å². The molecule has 2 N–H and O–H groups in total. The molecule has 0 aliphatic carbocycles. The predicted molar refractivity (Wildman–Crippen MR) is 115 cm³/mol. The lowest BCUT2D eigenvalue weighted by molar-refractivity contribution is 0.259. The van der Waals surface area contributed by atoms with E-state index in [0.717, 1.165) is 22.6 Å². The van der Waals surface area contributed by atoms with Crippen LogP contribution in [0.5, 0.6) is 5.75 Å². The second-order valence-corrected chi connectivity index (χ2v) is 6.71. The number of nitrogens with one attached hydrogen (secondary N) is 2. The van der Waals surface area contributed by atoms with Gasteiger partial charge in [-0.05, 0) is 75.2 Å². The molecule has 0 radical (unpaired) electrons. The number of urea groups is 1. The van der Waals surface area contributed by atoms with Crippen LogP contribution in [0.25, 0.3) is 5.69 Å². The molecule has 3 rings (SSSR count). The van der Waals surface area contributed by atoms with E-state index in [1.807, 2.05) is 39.0 Å². The van der Waals surface area contributed by atoms with Gasteiger partial charge in [-0.25, -0.2) is 14.5 Å². The number of hydrogen-bond donors (Lipinski definition) is 2. The molecule has 0 atom stereocenters. The summed E-state index contributed by atoms with van der Waals surface area (Å²) in [5, 5.41) is 5.70. The van der Waals surface area contributed by atoms with Gasteiger partial charge in [0, 0.05) is 17.6 Å². The lowest BCUT2D eigenvalue weighted by Crippen LogP contribution is -2.18. The third-order valence-corrected chi connectivity index (χ3v) is 4.59. The number of anilines is 1. The molecule has 150 valence electrons. The summed E-state index contributed by atoms with van der Waals surface area (Å²) < 4.78 is 6.82. The quantitative estimate of drug-likeness (QED) is 0.640. The fraction of sp³-hybridized carbons (Fsp3) is 0.227. The maximum atomic E-state index is 12.8. The third kappa shape index (κ3) is 4.63. The number of carbonyl (C=O) groups is 1. The molecule has 0 saturated carbocycles. The van der Waals surface area contributed by atoms with Gasteiger partial charge in [0.05, 0.1) is 17.9 Å². The standard InChI is InChI=1S/C22H24N4O3/c1-5-29-19-10-7-17(8-11-19)24-22(28)23-13-20-16(4)25-26(21(20)27)18-9-6-14(2)15(3)12-18/h6-13,25H,5H2,1-4H3,(H,24,28). The van der Waals surface area contributed by atoms with Gasteiger partial charge in [-0.15, -0.1) is 0 Å². The number of ether oxygens (including phenoxy) is 1. The zero-order valence-electron chi connectivity index (χ0n) is 16.9. The molecular weight excluding hydrogens is 368 g/mol. The van der Waals surface area contributed by atoms with Crippen LogP contribution < -0.4 is 15.6 Å². The normalized spacial score (nSPS) is 11.0. The number of hydrogen-bond acceptors (Lipinski definition) is 3. The van der Waals surface area contributed by atoms with Crippen LogP contribution in [0.2, 0.25) is 0 Å². The van der Waals surface area contributed by atoms with Crippen molar-refractivity contribution in [3.63, 3.8) is 0 Å². The fourth-order valence-electron chi connectivity index (χ4n) is 2.84. The zero-order valence-corrected chi connectivity index (χ0v) is 16.9. The summed E-state index contributed by atoms with van der Waals surface area (Å²) in [7, 11) is 0. The van der Waals surface area contributed by atoms with E-state index in [2.05, 4.69) is 15.4 Å². The van der Waals surface area contributed by atoms with Gasteiger partial charge >= 0.3 is 6.03 Å². The minimum Gasteiger partial charge on any atom is -0.494 e. The van der Waals surface area contributed by atoms with Crippen LogP contribution >= 0.6 is 0 Å². The highest BCUT2D eigenvalue weighted by atomic mass is 16.5. The Bertz CT molecular complexity index is 1110. The highest BCUT2D eigenvalue weighted by molar-refractivity contribution is 5.98. The molecule has 0 saturated heterocycles. The van der Waals surface area contributed by atoms with Crippen LogP contribution in [0.4, 0.5) is 10.5 Å². The average molecular weight is 392 g/mol. The van der Waals surface area contributed by atoms with Crippen molar-refractivity contribution in [3.8, 4) is 11.4 Å². The minimum absolute atomic E-state index is 0.261. The minimum atomic E-state index is -0.563. The highest BCUT2D eigenvalue weighted by Gasteiger charge is 2.12. The lowest BCUT2D eigenvalue weighted by atomic mass is 10.1. The summed E-state index contributed by atoms with van der Waals surface area (Å²) in [6, 6.07) is 12.2. The number of rotatable bonds is 5. The Labute approximate surface area is 169 Å². The van der Waals surface area contributed by atoms with E-state index in [-0.39, 0.29) is 5.56 Å². The summed E-state index contributed by atoms with van der Waals surface area (Å²) >= 11 is 0. The van der Waals surface area contributed by atoms with Gasteiger partial charge in [0.15, 0.2) is 0 Å². The molecule has 0 fully saturated rings. The van der Waals surface area contributed by atoms with Crippen LogP contribution in [0.1, 0.15) is 29.3 Å². The van der Waals surface area contributed by atoms with E-state index in [0.29, 0.717) is 23.6 Å². The van der Waals surface area contributed by atoms with Gasteiger partial charge in [-0.2, -0.15) is 0 Å². The molecule has 0 bridgehead atoms. The fourth-order valence-corrected chi connectivity index (χ4v) is 2.84. The Morgan fingerprint density at radius 3 is 2.52 bits per heavy atom. The van der Waals surface area contributed by atoms with Crippen molar-refractivity contribution in [2.45, 2.75) is 27.7 Å². The summed E-state index contributed by atoms with van der Waals surface area (Å²) in [6.07, 6.45) is 1.29. The number of amides is 2. The highest BCUT2D eigenvalue weighted by Crippen LogP contribution is 2.16. The van der Waals surface area contributed by atoms with Gasteiger partial charge in [0.25, 0.3) is 5.56 Å². The molecule has 0 aliphatic rings. The van der Waals surface area contributed by atoms with Crippen LogP contribution in [0, 0.1) is 20.8 Å². The molecule has 1 heterocycles. The summed E-state index contributed by atoms with van der Waals surface area (Å²) in [5.41, 5.74) is 4.28. The second kappa shape index (κ2) is 8.60. The van der Waals surface area contributed by atoms with Crippen molar-refractivity contribution in [2.24, 2.45) is 4.99 Å². The van der Waals surface area contributed by atoms with Crippen molar-refractivity contribution < 1.29 is 9.53 Å². The summed E-state index contributed by atoms with van der Waals surface area (Å²) in [4.78, 5) is 28.7. The maximum Gasteiger partial charge on any atom is 0.345 e. The Hall–Kier alpha value is -3.61. The number of nitrogens with zero attached hydrogens (tertiary/aromatic N) is 2. The Kier molecular flexibility index (Phi) is 5.97. The number of aryl methyl sites for hydroxylation is 3. The van der Waals surface area contributed by atoms with E-state index in [1.54, 1.807) is 31.2 Å². The van der Waals surface area contributed by atoms with Crippen molar-refractivity contribution in [2.75, 3.05) is 11.9 Å². The topological polar surface area (TPSA) is 88.5 Å². The first-order valence-electron chi connectivity index (χ1n) is 9.36. The molecule has 7 heteroatoms. The molecule has 1 aromatic heterocycles. The van der Waals surface area contributed by atoms with Gasteiger partial charge < -0.3 is 10.1 Å². The molecular formula is C22H24N4O3. The lowest BCUT2D eigenvalue weighted by Gasteiger charge is -2.05. The summed E-state index contributed by atoms with van der Waals surface area (Å²) in [5.74, 6) is 0.726. The Balaban J connectivity index is 1.76. The van der Waals surface area contributed by atoms with Crippen LogP contribution in [-0.4, -0.2) is 28.6 Å². The smallest absolute Gasteiger partial charge is 0.345 e. The van der Waals surface area contributed by atoms with Gasteiger partial charge in [0.1, 0.15) is 5.75 Å². The van der Waals surface area contributed by atoms with Crippen molar-refractivity contribution in [1.82, 2.24) is 9.78 Å². The van der Waals surface area contributed by atoms with E-state index >= 15 is 0 Å². The van der Waals surface area contributed by atoms with E-state index in [4.69, 9.17) is 4.74 Å². The predicted octanol–water partition coefficient (Wildman–Crippen LogP) is 4.14. The summed E-state index contributed by atoms with van der Waals surface area (Å²) in [6.45, 7) is 8.26. The molecule has 29 heavy (non-hydrogen) atoms. The first-order valence-corrected chi connectivity index (χ1v) is 9.36. The molecule has 3 aromatic rings. The maximum absolute atomic E-state index is 12.8. The molecule has 0 unspecified atom stereocenters. The van der Waals surface area contributed by atoms with Crippen molar-refractivity contribution in [1.29, 1.82) is 0 Å². The Morgan fingerprint density at radius 2 is 1.86 bits per heavy atom. The Morgan fingerprint density at radius 1 is 1.14 bits per heavy atom. The first-order chi connectivity index (χ1) is 13.9. The number of aromatic amines is 1. The van der Waals surface area contributed by atoms with Gasteiger partial charge in [-0.1, -0.05) is 6.07 Å². The number of aromatic nitrogens is 2. The third-order valence-electron chi connectivity index (χ3n) is 4.59. The molecule has 0 spiro atoms. The number of benzene rings is 2. The van der Waals surface area contributed by atoms with E-state index in [1.165, 1.54) is 10.9 Å². The van der Waals surface area contributed by atoms with Crippen LogP contribution in [0.3, 0.4) is 0 Å². The number of H-pyrrole nitrogens is 1. The molecule has 2 amide bonds. The molecule has 0 aliphatic heterocycles. The monoisotopic (exact) mass is 392 g/mol. The largest absolute Gasteiger partial charge is 0.494 e. The van der Waals surface area contributed by atoms with Crippen LogP contribution in [-0.2, 0) is 0 Å². The molecule has 2 aromatic carbocycles. The average Bonchev–Trinajstić information content (AvgIpc) is 2.98. The zero-order chi connectivity index (χ0) is 21.0. The van der Waals surface area contributed by atoms with Crippen molar-refractivity contribution in [3.05, 3.63) is 75.2 Å². The molecule has 7 nitrogen and oxygen atoms in total.